The third-order valence-corrected chi connectivity index (χ3v) is 2.80. The van der Waals surface area contributed by atoms with E-state index < -0.39 is 11.9 Å². The van der Waals surface area contributed by atoms with E-state index >= 15 is 0 Å². The van der Waals surface area contributed by atoms with Crippen LogP contribution in [0.2, 0.25) is 0 Å². The van der Waals surface area contributed by atoms with Crippen molar-refractivity contribution in [2.75, 3.05) is 13.1 Å². The first-order valence-corrected chi connectivity index (χ1v) is 7.30. The molecule has 0 fully saturated rings. The van der Waals surface area contributed by atoms with Gasteiger partial charge in [-0.05, 0) is 38.1 Å². The van der Waals surface area contributed by atoms with Crippen LogP contribution < -0.4 is 5.32 Å². The molecule has 5 nitrogen and oxygen atoms in total. The Morgan fingerprint density at radius 2 is 1.29 bits per heavy atom. The first-order chi connectivity index (χ1) is 10.0. The van der Waals surface area contributed by atoms with Crippen molar-refractivity contribution < 1.29 is 19.8 Å². The minimum Gasteiger partial charge on any atom is -0.478 e. The molecule has 0 aliphatic carbocycles. The summed E-state index contributed by atoms with van der Waals surface area (Å²) < 4.78 is 0. The predicted molar refractivity (Wildman–Crippen MR) is 83.0 cm³/mol. The lowest BCUT2D eigenvalue weighted by molar-refractivity contribution is 0.0651. The molecule has 0 heterocycles. The molecule has 3 N–H and O–H groups in total. The van der Waals surface area contributed by atoms with Crippen LogP contribution in [-0.2, 0) is 0 Å². The quantitative estimate of drug-likeness (QED) is 0.641. The van der Waals surface area contributed by atoms with E-state index in [-0.39, 0.29) is 11.1 Å². The van der Waals surface area contributed by atoms with Gasteiger partial charge in [-0.2, -0.15) is 0 Å². The number of aromatic carboxylic acids is 2. The molecule has 0 saturated carbocycles. The molecule has 0 spiro atoms. The number of hydrogen-bond acceptors (Lipinski definition) is 3. The second-order valence-electron chi connectivity index (χ2n) is 4.61. The molecular formula is C16H25NO4. The van der Waals surface area contributed by atoms with E-state index in [9.17, 15) is 9.59 Å². The molecule has 0 aliphatic heterocycles. The largest absolute Gasteiger partial charge is 0.478 e. The zero-order valence-corrected chi connectivity index (χ0v) is 12.8. The molecule has 0 atom stereocenters. The van der Waals surface area contributed by atoms with Gasteiger partial charge < -0.3 is 15.5 Å². The van der Waals surface area contributed by atoms with Gasteiger partial charge in [0.15, 0.2) is 0 Å². The number of hydrogen-bond donors (Lipinski definition) is 3. The summed E-state index contributed by atoms with van der Waals surface area (Å²) in [6.07, 6.45) is 5.26. The molecule has 0 unspecified atom stereocenters. The Bertz CT molecular complexity index is 393. The maximum absolute atomic E-state index is 10.5. The van der Waals surface area contributed by atoms with E-state index in [1.54, 1.807) is 0 Å². The Balaban J connectivity index is 0.000000400. The highest BCUT2D eigenvalue weighted by molar-refractivity contribution is 6.01. The van der Waals surface area contributed by atoms with Crippen molar-refractivity contribution in [1.82, 2.24) is 5.32 Å². The van der Waals surface area contributed by atoms with Crippen molar-refractivity contribution in [2.45, 2.75) is 39.5 Å². The second kappa shape index (κ2) is 11.9. The molecule has 1 aromatic carbocycles. The molecule has 0 amide bonds. The van der Waals surface area contributed by atoms with Crippen molar-refractivity contribution in [3.05, 3.63) is 35.4 Å². The van der Waals surface area contributed by atoms with Crippen LogP contribution in [0.5, 0.6) is 0 Å². The maximum atomic E-state index is 10.5. The predicted octanol–water partition coefficient (Wildman–Crippen LogP) is 3.26. The molecule has 0 radical (unpaired) electrons. The highest BCUT2D eigenvalue weighted by Gasteiger charge is 2.13. The highest BCUT2D eigenvalue weighted by Crippen LogP contribution is 2.07. The average molecular weight is 295 g/mol. The number of unbranched alkanes of at least 4 members (excludes halogenated alkanes) is 2. The van der Waals surface area contributed by atoms with E-state index in [0.717, 1.165) is 0 Å². The lowest BCUT2D eigenvalue weighted by atomic mass is 10.1. The first kappa shape index (κ1) is 19.1. The van der Waals surface area contributed by atoms with Crippen LogP contribution in [0.3, 0.4) is 0 Å². The van der Waals surface area contributed by atoms with Gasteiger partial charge in [0.25, 0.3) is 0 Å². The van der Waals surface area contributed by atoms with Crippen molar-refractivity contribution >= 4 is 11.9 Å². The summed E-state index contributed by atoms with van der Waals surface area (Å²) in [4.78, 5) is 20.9. The third kappa shape index (κ3) is 8.81. The number of carboxylic acid groups (broad SMARTS) is 2. The molecule has 0 bridgehead atoms. The topological polar surface area (TPSA) is 86.6 Å². The number of nitrogens with one attached hydrogen (secondary N) is 1. The Morgan fingerprint density at radius 1 is 0.905 bits per heavy atom. The zero-order chi connectivity index (χ0) is 16.1. The highest BCUT2D eigenvalue weighted by atomic mass is 16.4. The maximum Gasteiger partial charge on any atom is 0.336 e. The fourth-order valence-electron chi connectivity index (χ4n) is 1.58. The molecular weight excluding hydrogens is 270 g/mol. The summed E-state index contributed by atoms with van der Waals surface area (Å²) in [7, 11) is 0. The fraction of sp³-hybridized carbons (Fsp3) is 0.500. The number of carboxylic acids is 2. The van der Waals surface area contributed by atoms with Gasteiger partial charge in [0.2, 0.25) is 0 Å². The van der Waals surface area contributed by atoms with E-state index in [2.05, 4.69) is 19.2 Å². The van der Waals surface area contributed by atoms with Crippen LogP contribution in [-0.4, -0.2) is 35.2 Å². The van der Waals surface area contributed by atoms with E-state index in [4.69, 9.17) is 10.2 Å². The van der Waals surface area contributed by atoms with Gasteiger partial charge in [0.05, 0.1) is 11.1 Å². The molecule has 118 valence electrons. The van der Waals surface area contributed by atoms with Gasteiger partial charge in [-0.15, -0.1) is 0 Å². The number of carbonyl (C=O) groups is 2. The molecule has 0 aliphatic rings. The van der Waals surface area contributed by atoms with Crippen molar-refractivity contribution in [3.63, 3.8) is 0 Å². The van der Waals surface area contributed by atoms with Crippen LogP contribution in [0.25, 0.3) is 0 Å². The van der Waals surface area contributed by atoms with Gasteiger partial charge in [0, 0.05) is 0 Å². The van der Waals surface area contributed by atoms with Gasteiger partial charge in [-0.3, -0.25) is 0 Å². The van der Waals surface area contributed by atoms with Gasteiger partial charge in [-0.1, -0.05) is 38.8 Å². The Hall–Kier alpha value is -1.88. The van der Waals surface area contributed by atoms with Crippen LogP contribution in [0, 0.1) is 0 Å². The lowest BCUT2D eigenvalue weighted by Crippen LogP contribution is -2.15. The Morgan fingerprint density at radius 3 is 1.57 bits per heavy atom. The smallest absolute Gasteiger partial charge is 0.336 e. The second-order valence-corrected chi connectivity index (χ2v) is 4.61. The summed E-state index contributed by atoms with van der Waals surface area (Å²) in [6, 6.07) is 5.48. The first-order valence-electron chi connectivity index (χ1n) is 7.30. The summed E-state index contributed by atoms with van der Waals surface area (Å²) in [6.45, 7) is 6.86. The van der Waals surface area contributed by atoms with Crippen LogP contribution >= 0.6 is 0 Å². The monoisotopic (exact) mass is 295 g/mol. The van der Waals surface area contributed by atoms with Crippen LogP contribution in [0.15, 0.2) is 24.3 Å². The van der Waals surface area contributed by atoms with E-state index in [0.29, 0.717) is 0 Å². The molecule has 0 aromatic heterocycles. The van der Waals surface area contributed by atoms with Gasteiger partial charge >= 0.3 is 11.9 Å². The van der Waals surface area contributed by atoms with E-state index in [1.165, 1.54) is 63.0 Å². The van der Waals surface area contributed by atoms with Gasteiger partial charge in [-0.25, -0.2) is 9.59 Å². The van der Waals surface area contributed by atoms with Crippen molar-refractivity contribution in [1.29, 1.82) is 0 Å². The van der Waals surface area contributed by atoms with Crippen LogP contribution in [0.4, 0.5) is 0 Å². The lowest BCUT2D eigenvalue weighted by Gasteiger charge is -1.99. The summed E-state index contributed by atoms with van der Waals surface area (Å²) in [5.74, 6) is -2.46. The minimum atomic E-state index is -1.23. The molecule has 21 heavy (non-hydrogen) atoms. The number of benzene rings is 1. The fourth-order valence-corrected chi connectivity index (χ4v) is 1.58. The molecule has 0 saturated heterocycles. The standard InChI is InChI=1S/C8H19N.C8H6O4/c1-3-5-7-9-8-6-4-2;9-7(10)5-3-1-2-4-6(5)8(11)12/h9H,3-8H2,1-2H3;1-4H,(H,9,10)(H,11,12). The van der Waals surface area contributed by atoms with E-state index in [1.807, 2.05) is 0 Å². The minimum absolute atomic E-state index is 0.190. The zero-order valence-electron chi connectivity index (χ0n) is 12.8. The SMILES string of the molecule is CCCCNCCCC.O=C(O)c1ccccc1C(=O)O. The summed E-state index contributed by atoms with van der Waals surface area (Å²) in [5, 5.41) is 20.5. The Labute approximate surface area is 126 Å². The number of rotatable bonds is 8. The van der Waals surface area contributed by atoms with Gasteiger partial charge in [0.1, 0.15) is 0 Å². The van der Waals surface area contributed by atoms with Crippen molar-refractivity contribution in [3.8, 4) is 0 Å². The summed E-state index contributed by atoms with van der Waals surface area (Å²) >= 11 is 0. The molecule has 1 rings (SSSR count). The molecule has 1 aromatic rings. The third-order valence-electron chi connectivity index (χ3n) is 2.80. The van der Waals surface area contributed by atoms with Crippen LogP contribution in [0.1, 0.15) is 60.2 Å². The Kier molecular flexibility index (Phi) is 10.8. The molecule has 5 heteroatoms. The normalized spacial score (nSPS) is 9.62. The van der Waals surface area contributed by atoms with Crippen molar-refractivity contribution in [2.24, 2.45) is 0 Å². The average Bonchev–Trinajstić information content (AvgIpc) is 2.48. The summed E-state index contributed by atoms with van der Waals surface area (Å²) in [5.41, 5.74) is -0.380.